The number of hydrogen-bond acceptors (Lipinski definition) is 3. The van der Waals surface area contributed by atoms with Crippen LogP contribution in [0.1, 0.15) is 11.1 Å². The van der Waals surface area contributed by atoms with Crippen molar-refractivity contribution in [1.29, 1.82) is 0 Å². The number of nitrogens with zero attached hydrogens (tertiary/aromatic N) is 2. The number of carbonyl (C=O) groups excluding carboxylic acids is 1. The Balaban J connectivity index is 2.56. The van der Waals surface area contributed by atoms with Crippen LogP contribution in [0.25, 0.3) is 0 Å². The molecule has 0 fully saturated rings. The molecule has 0 saturated carbocycles. The third kappa shape index (κ3) is 3.05. The summed E-state index contributed by atoms with van der Waals surface area (Å²) in [5.74, 6) is 0. The van der Waals surface area contributed by atoms with Crippen molar-refractivity contribution in [2.24, 2.45) is 10.7 Å². The Labute approximate surface area is 114 Å². The van der Waals surface area contributed by atoms with Gasteiger partial charge in [0.1, 0.15) is 0 Å². The van der Waals surface area contributed by atoms with Crippen molar-refractivity contribution in [3.63, 3.8) is 0 Å². The summed E-state index contributed by atoms with van der Waals surface area (Å²) in [5.41, 5.74) is 6.46. The van der Waals surface area contributed by atoms with Crippen LogP contribution in [0.15, 0.2) is 59.6 Å². The number of rotatable bonds is 3. The molecule has 0 aliphatic heterocycles. The van der Waals surface area contributed by atoms with Gasteiger partial charge in [0.25, 0.3) is 5.69 Å². The number of benzene rings is 2. The van der Waals surface area contributed by atoms with Crippen LogP contribution in [-0.4, -0.2) is 16.7 Å². The zero-order valence-corrected chi connectivity index (χ0v) is 10.4. The number of amides is 2. The van der Waals surface area contributed by atoms with Crippen LogP contribution in [-0.2, 0) is 0 Å². The topological polar surface area (TPSA) is 98.6 Å². The van der Waals surface area contributed by atoms with Crippen molar-refractivity contribution in [3.8, 4) is 0 Å². The van der Waals surface area contributed by atoms with Crippen molar-refractivity contribution in [3.05, 3.63) is 75.8 Å². The van der Waals surface area contributed by atoms with E-state index in [0.717, 1.165) is 0 Å². The molecule has 0 aliphatic rings. The van der Waals surface area contributed by atoms with E-state index in [1.807, 2.05) is 6.07 Å². The third-order valence-electron chi connectivity index (χ3n) is 2.60. The molecule has 0 spiro atoms. The van der Waals surface area contributed by atoms with E-state index >= 15 is 0 Å². The molecule has 6 heteroatoms. The number of aliphatic imine (C=N–C) groups is 1. The molecule has 0 heterocycles. The van der Waals surface area contributed by atoms with Crippen LogP contribution < -0.4 is 5.73 Å². The largest absolute Gasteiger partial charge is 0.350 e. The zero-order chi connectivity index (χ0) is 14.5. The highest BCUT2D eigenvalue weighted by Crippen LogP contribution is 2.17. The summed E-state index contributed by atoms with van der Waals surface area (Å²) in [6, 6.07) is 13.9. The Morgan fingerprint density at radius 3 is 2.30 bits per heavy atom. The average Bonchev–Trinajstić information content (AvgIpc) is 2.45. The second kappa shape index (κ2) is 5.75. The van der Waals surface area contributed by atoms with E-state index in [-0.39, 0.29) is 5.69 Å². The molecule has 0 saturated heterocycles. The summed E-state index contributed by atoms with van der Waals surface area (Å²) >= 11 is 0. The lowest BCUT2D eigenvalue weighted by atomic mass is 10.0. The van der Waals surface area contributed by atoms with Crippen LogP contribution in [0, 0.1) is 10.1 Å². The molecule has 0 unspecified atom stereocenters. The number of nitrogens with two attached hydrogens (primary N) is 1. The van der Waals surface area contributed by atoms with Gasteiger partial charge in [0.05, 0.1) is 10.6 Å². The van der Waals surface area contributed by atoms with E-state index in [0.29, 0.717) is 16.8 Å². The monoisotopic (exact) mass is 269 g/mol. The van der Waals surface area contributed by atoms with Gasteiger partial charge in [-0.3, -0.25) is 10.1 Å². The predicted octanol–water partition coefficient (Wildman–Crippen LogP) is 2.51. The van der Waals surface area contributed by atoms with Gasteiger partial charge in [-0.2, -0.15) is 4.99 Å². The molecular weight excluding hydrogens is 258 g/mol. The average molecular weight is 269 g/mol. The molecule has 100 valence electrons. The van der Waals surface area contributed by atoms with Gasteiger partial charge in [-0.1, -0.05) is 42.5 Å². The summed E-state index contributed by atoms with van der Waals surface area (Å²) < 4.78 is 0. The van der Waals surface area contributed by atoms with Crippen LogP contribution in [0.2, 0.25) is 0 Å². The molecule has 0 aliphatic carbocycles. The second-order valence-corrected chi connectivity index (χ2v) is 3.97. The Hall–Kier alpha value is -3.02. The number of urea groups is 1. The van der Waals surface area contributed by atoms with Gasteiger partial charge >= 0.3 is 6.03 Å². The lowest BCUT2D eigenvalue weighted by molar-refractivity contribution is -0.384. The van der Waals surface area contributed by atoms with Gasteiger partial charge in [0.2, 0.25) is 0 Å². The Morgan fingerprint density at radius 1 is 1.05 bits per heavy atom. The summed E-state index contributed by atoms with van der Waals surface area (Å²) in [5, 5.41) is 10.8. The highest BCUT2D eigenvalue weighted by molar-refractivity contribution is 6.16. The first-order valence-electron chi connectivity index (χ1n) is 5.76. The summed E-state index contributed by atoms with van der Waals surface area (Å²) in [6.07, 6.45) is 0. The van der Waals surface area contributed by atoms with E-state index in [1.165, 1.54) is 18.2 Å². The second-order valence-electron chi connectivity index (χ2n) is 3.97. The molecule has 20 heavy (non-hydrogen) atoms. The highest BCUT2D eigenvalue weighted by Gasteiger charge is 2.12. The standard InChI is InChI=1S/C14H11N3O3/c15-14(18)16-13(10-5-2-1-3-6-10)11-7-4-8-12(9-11)17(19)20/h1-9H,(H2,15,18). The lowest BCUT2D eigenvalue weighted by Gasteiger charge is -2.06. The smallest absolute Gasteiger partial charge is 0.338 e. The van der Waals surface area contributed by atoms with Crippen molar-refractivity contribution in [1.82, 2.24) is 0 Å². The number of non-ortho nitro benzene ring substituents is 1. The van der Waals surface area contributed by atoms with Crippen LogP contribution in [0.4, 0.5) is 10.5 Å². The number of carbonyl (C=O) groups is 1. The first-order valence-corrected chi connectivity index (χ1v) is 5.76. The van der Waals surface area contributed by atoms with Gasteiger partial charge < -0.3 is 5.73 Å². The van der Waals surface area contributed by atoms with Gasteiger partial charge in [0, 0.05) is 23.3 Å². The number of nitro benzene ring substituents is 1. The van der Waals surface area contributed by atoms with E-state index in [9.17, 15) is 14.9 Å². The molecule has 0 radical (unpaired) electrons. The van der Waals surface area contributed by atoms with Gasteiger partial charge in [-0.05, 0) is 0 Å². The van der Waals surface area contributed by atoms with Crippen molar-refractivity contribution < 1.29 is 9.72 Å². The van der Waals surface area contributed by atoms with Crippen molar-refractivity contribution >= 4 is 17.4 Å². The Bertz CT molecular complexity index is 681. The molecule has 0 atom stereocenters. The van der Waals surface area contributed by atoms with E-state index in [1.54, 1.807) is 30.3 Å². The number of primary amides is 1. The third-order valence-corrected chi connectivity index (χ3v) is 2.60. The molecule has 2 rings (SSSR count). The quantitative estimate of drug-likeness (QED) is 0.526. The van der Waals surface area contributed by atoms with Gasteiger partial charge in [-0.15, -0.1) is 0 Å². The first kappa shape index (κ1) is 13.4. The summed E-state index contributed by atoms with van der Waals surface area (Å²) in [6.45, 7) is 0. The van der Waals surface area contributed by atoms with E-state index in [4.69, 9.17) is 5.73 Å². The number of hydrogen-bond donors (Lipinski definition) is 1. The zero-order valence-electron chi connectivity index (χ0n) is 10.4. The fourth-order valence-corrected chi connectivity index (χ4v) is 1.77. The lowest BCUT2D eigenvalue weighted by Crippen LogP contribution is -2.12. The van der Waals surface area contributed by atoms with Crippen LogP contribution >= 0.6 is 0 Å². The minimum atomic E-state index is -0.852. The molecule has 0 aromatic heterocycles. The first-order chi connectivity index (χ1) is 9.58. The molecule has 2 amide bonds. The molecule has 2 aromatic carbocycles. The molecular formula is C14H11N3O3. The van der Waals surface area contributed by atoms with Crippen molar-refractivity contribution in [2.45, 2.75) is 0 Å². The fraction of sp³-hybridized carbons (Fsp3) is 0. The summed E-state index contributed by atoms with van der Waals surface area (Å²) in [7, 11) is 0. The van der Waals surface area contributed by atoms with Gasteiger partial charge in [0.15, 0.2) is 0 Å². The molecule has 2 N–H and O–H groups in total. The van der Waals surface area contributed by atoms with Gasteiger partial charge in [-0.25, -0.2) is 4.79 Å². The maximum atomic E-state index is 11.1. The SMILES string of the molecule is NC(=O)N=C(c1ccccc1)c1cccc([N+](=O)[O-])c1. The normalized spacial score (nSPS) is 11.1. The highest BCUT2D eigenvalue weighted by atomic mass is 16.6. The Kier molecular flexibility index (Phi) is 3.85. The minimum Gasteiger partial charge on any atom is -0.350 e. The van der Waals surface area contributed by atoms with E-state index < -0.39 is 11.0 Å². The maximum Gasteiger partial charge on any atom is 0.338 e. The fourth-order valence-electron chi connectivity index (χ4n) is 1.77. The molecule has 2 aromatic rings. The van der Waals surface area contributed by atoms with Crippen LogP contribution in [0.3, 0.4) is 0 Å². The Morgan fingerprint density at radius 2 is 1.70 bits per heavy atom. The van der Waals surface area contributed by atoms with Crippen LogP contribution in [0.5, 0.6) is 0 Å². The predicted molar refractivity (Wildman–Crippen MR) is 74.8 cm³/mol. The summed E-state index contributed by atoms with van der Waals surface area (Å²) in [4.78, 5) is 25.1. The minimum absolute atomic E-state index is 0.0735. The molecule has 6 nitrogen and oxygen atoms in total. The maximum absolute atomic E-state index is 11.1. The number of nitro groups is 1. The van der Waals surface area contributed by atoms with E-state index in [2.05, 4.69) is 4.99 Å². The van der Waals surface area contributed by atoms with Crippen molar-refractivity contribution in [2.75, 3.05) is 0 Å². The molecule has 0 bridgehead atoms.